The summed E-state index contributed by atoms with van der Waals surface area (Å²) in [4.78, 5) is 13.0. The Balaban J connectivity index is 2.93. The SMILES string of the molecule is CCC/C(O)=C(\Sc1ccc(OC)cc1)C(=O)OCC. The first-order valence-corrected chi connectivity index (χ1v) is 7.35. The van der Waals surface area contributed by atoms with E-state index in [2.05, 4.69) is 0 Å². The Kier molecular flexibility index (Phi) is 7.01. The molecular formula is C15H20O4S. The fourth-order valence-electron chi connectivity index (χ4n) is 1.53. The van der Waals surface area contributed by atoms with Gasteiger partial charge in [-0.2, -0.15) is 0 Å². The Labute approximate surface area is 123 Å². The van der Waals surface area contributed by atoms with Gasteiger partial charge in [0.25, 0.3) is 0 Å². The topological polar surface area (TPSA) is 55.8 Å². The van der Waals surface area contributed by atoms with E-state index in [1.807, 2.05) is 31.2 Å². The van der Waals surface area contributed by atoms with Crippen LogP contribution in [0.2, 0.25) is 0 Å². The highest BCUT2D eigenvalue weighted by Crippen LogP contribution is 2.31. The number of benzene rings is 1. The van der Waals surface area contributed by atoms with Crippen LogP contribution in [-0.4, -0.2) is 24.8 Å². The van der Waals surface area contributed by atoms with Gasteiger partial charge in [-0.15, -0.1) is 0 Å². The number of hydrogen-bond donors (Lipinski definition) is 1. The van der Waals surface area contributed by atoms with Crippen LogP contribution in [0.4, 0.5) is 0 Å². The van der Waals surface area contributed by atoms with Gasteiger partial charge >= 0.3 is 5.97 Å². The number of esters is 1. The largest absolute Gasteiger partial charge is 0.511 e. The predicted molar refractivity (Wildman–Crippen MR) is 80.0 cm³/mol. The number of carbonyl (C=O) groups excluding carboxylic acids is 1. The van der Waals surface area contributed by atoms with Crippen LogP contribution in [0.1, 0.15) is 26.7 Å². The highest BCUT2D eigenvalue weighted by molar-refractivity contribution is 8.04. The molecule has 0 radical (unpaired) electrons. The van der Waals surface area contributed by atoms with Crippen molar-refractivity contribution in [1.29, 1.82) is 0 Å². The molecular weight excluding hydrogens is 276 g/mol. The quantitative estimate of drug-likeness (QED) is 0.358. The van der Waals surface area contributed by atoms with Crippen LogP contribution in [-0.2, 0) is 9.53 Å². The fraction of sp³-hybridized carbons (Fsp3) is 0.400. The summed E-state index contributed by atoms with van der Waals surface area (Å²) < 4.78 is 10.1. The van der Waals surface area contributed by atoms with Crippen molar-refractivity contribution < 1.29 is 19.4 Å². The number of carbonyl (C=O) groups is 1. The van der Waals surface area contributed by atoms with E-state index in [-0.39, 0.29) is 17.3 Å². The van der Waals surface area contributed by atoms with Gasteiger partial charge in [-0.25, -0.2) is 4.79 Å². The molecule has 0 heterocycles. The highest BCUT2D eigenvalue weighted by Gasteiger charge is 2.18. The normalized spacial score (nSPS) is 11.8. The number of thioether (sulfide) groups is 1. The second-order valence-corrected chi connectivity index (χ2v) is 5.11. The van der Waals surface area contributed by atoms with E-state index >= 15 is 0 Å². The third kappa shape index (κ3) is 4.81. The molecule has 0 aromatic heterocycles. The molecule has 4 nitrogen and oxygen atoms in total. The van der Waals surface area contributed by atoms with Crippen molar-refractivity contribution in [1.82, 2.24) is 0 Å². The Morgan fingerprint density at radius 1 is 1.25 bits per heavy atom. The van der Waals surface area contributed by atoms with E-state index in [9.17, 15) is 9.90 Å². The third-order valence-electron chi connectivity index (χ3n) is 2.49. The Morgan fingerprint density at radius 3 is 2.40 bits per heavy atom. The van der Waals surface area contributed by atoms with Gasteiger partial charge in [-0.05, 0) is 37.6 Å². The summed E-state index contributed by atoms with van der Waals surface area (Å²) in [6, 6.07) is 7.29. The zero-order valence-corrected chi connectivity index (χ0v) is 12.8. The minimum absolute atomic E-state index is 0.0757. The predicted octanol–water partition coefficient (Wildman–Crippen LogP) is 3.92. The number of rotatable bonds is 7. The van der Waals surface area contributed by atoms with Gasteiger partial charge in [0.2, 0.25) is 0 Å². The van der Waals surface area contributed by atoms with Gasteiger partial charge in [0, 0.05) is 11.3 Å². The molecule has 0 atom stereocenters. The molecule has 1 rings (SSSR count). The van der Waals surface area contributed by atoms with E-state index < -0.39 is 5.97 Å². The average molecular weight is 296 g/mol. The molecule has 0 aliphatic rings. The first-order chi connectivity index (χ1) is 9.62. The van der Waals surface area contributed by atoms with Gasteiger partial charge < -0.3 is 14.6 Å². The maximum atomic E-state index is 11.9. The van der Waals surface area contributed by atoms with Crippen molar-refractivity contribution in [3.05, 3.63) is 34.9 Å². The number of ether oxygens (including phenoxy) is 2. The lowest BCUT2D eigenvalue weighted by molar-refractivity contribution is -0.137. The molecule has 1 N–H and O–H groups in total. The zero-order chi connectivity index (χ0) is 15.0. The first kappa shape index (κ1) is 16.4. The van der Waals surface area contributed by atoms with Gasteiger partial charge in [-0.1, -0.05) is 18.7 Å². The van der Waals surface area contributed by atoms with Gasteiger partial charge in [0.05, 0.1) is 13.7 Å². The molecule has 110 valence electrons. The van der Waals surface area contributed by atoms with Crippen molar-refractivity contribution in [3.8, 4) is 5.75 Å². The molecule has 20 heavy (non-hydrogen) atoms. The van der Waals surface area contributed by atoms with Gasteiger partial charge in [-0.3, -0.25) is 0 Å². The third-order valence-corrected chi connectivity index (χ3v) is 3.60. The second kappa shape index (κ2) is 8.53. The summed E-state index contributed by atoms with van der Waals surface area (Å²) in [5.41, 5.74) is 0. The van der Waals surface area contributed by atoms with Gasteiger partial charge in [0.15, 0.2) is 0 Å². The van der Waals surface area contributed by atoms with Crippen LogP contribution < -0.4 is 4.74 Å². The summed E-state index contributed by atoms with van der Waals surface area (Å²) in [7, 11) is 1.60. The molecule has 0 saturated heterocycles. The maximum absolute atomic E-state index is 11.9. The summed E-state index contributed by atoms with van der Waals surface area (Å²) in [5, 5.41) is 10.0. The van der Waals surface area contributed by atoms with Crippen molar-refractivity contribution in [2.75, 3.05) is 13.7 Å². The van der Waals surface area contributed by atoms with E-state index in [4.69, 9.17) is 9.47 Å². The number of hydrogen-bond acceptors (Lipinski definition) is 5. The van der Waals surface area contributed by atoms with Crippen LogP contribution in [0.3, 0.4) is 0 Å². The summed E-state index contributed by atoms with van der Waals surface area (Å²) in [5.74, 6) is 0.333. The summed E-state index contributed by atoms with van der Waals surface area (Å²) in [6.45, 7) is 3.96. The molecule has 0 amide bonds. The molecule has 1 aromatic rings. The summed E-state index contributed by atoms with van der Waals surface area (Å²) >= 11 is 1.20. The molecule has 0 fully saturated rings. The number of methoxy groups -OCH3 is 1. The lowest BCUT2D eigenvalue weighted by atomic mass is 10.3. The van der Waals surface area contributed by atoms with Crippen LogP contribution in [0, 0.1) is 0 Å². The Morgan fingerprint density at radius 2 is 1.90 bits per heavy atom. The van der Waals surface area contributed by atoms with Crippen molar-refractivity contribution in [3.63, 3.8) is 0 Å². The van der Waals surface area contributed by atoms with Crippen LogP contribution >= 0.6 is 11.8 Å². The molecule has 1 aromatic carbocycles. The van der Waals surface area contributed by atoms with Gasteiger partial charge in [0.1, 0.15) is 16.4 Å². The van der Waals surface area contributed by atoms with E-state index in [0.29, 0.717) is 6.42 Å². The van der Waals surface area contributed by atoms with Crippen molar-refractivity contribution in [2.24, 2.45) is 0 Å². The molecule has 0 unspecified atom stereocenters. The standard InChI is InChI=1S/C15H20O4S/c1-4-6-13(16)14(15(17)19-5-2)20-12-9-7-11(18-3)8-10-12/h7-10,16H,4-6H2,1-3H3/b14-13+. The molecule has 0 spiro atoms. The highest BCUT2D eigenvalue weighted by atomic mass is 32.2. The molecule has 0 saturated carbocycles. The lowest BCUT2D eigenvalue weighted by Crippen LogP contribution is -2.08. The summed E-state index contributed by atoms with van der Waals surface area (Å²) in [6.07, 6.45) is 1.22. The minimum atomic E-state index is -0.487. The van der Waals surface area contributed by atoms with Crippen molar-refractivity contribution >= 4 is 17.7 Å². The maximum Gasteiger partial charge on any atom is 0.348 e. The Hall–Kier alpha value is -1.62. The molecule has 0 aliphatic carbocycles. The number of aliphatic hydroxyl groups excluding tert-OH is 1. The monoisotopic (exact) mass is 296 g/mol. The van der Waals surface area contributed by atoms with Crippen molar-refractivity contribution in [2.45, 2.75) is 31.6 Å². The van der Waals surface area contributed by atoms with E-state index in [1.165, 1.54) is 11.8 Å². The smallest absolute Gasteiger partial charge is 0.348 e. The second-order valence-electron chi connectivity index (χ2n) is 4.02. The lowest BCUT2D eigenvalue weighted by Gasteiger charge is -2.10. The van der Waals surface area contributed by atoms with Crippen LogP contribution in [0.25, 0.3) is 0 Å². The van der Waals surface area contributed by atoms with Crippen LogP contribution in [0.5, 0.6) is 5.75 Å². The number of aliphatic hydroxyl groups is 1. The number of allylic oxidation sites excluding steroid dienone is 1. The fourth-order valence-corrected chi connectivity index (χ4v) is 2.40. The Bertz CT molecular complexity index is 465. The first-order valence-electron chi connectivity index (χ1n) is 6.53. The van der Waals surface area contributed by atoms with E-state index in [1.54, 1.807) is 14.0 Å². The average Bonchev–Trinajstić information content (AvgIpc) is 2.45. The molecule has 0 aliphatic heterocycles. The molecule has 0 bridgehead atoms. The van der Waals surface area contributed by atoms with Crippen LogP contribution in [0.15, 0.2) is 39.8 Å². The molecule has 5 heteroatoms. The van der Waals surface area contributed by atoms with E-state index in [0.717, 1.165) is 17.1 Å². The zero-order valence-electron chi connectivity index (χ0n) is 12.0. The minimum Gasteiger partial charge on any atom is -0.511 e.